The van der Waals surface area contributed by atoms with Crippen LogP contribution in [0.5, 0.6) is 5.75 Å². The molecule has 0 aromatic heterocycles. The Morgan fingerprint density at radius 3 is 2.48 bits per heavy atom. The minimum Gasteiger partial charge on any atom is -0.404 e. The first-order valence-electron chi connectivity index (χ1n) is 6.80. The summed E-state index contributed by atoms with van der Waals surface area (Å²) in [5.74, 6) is -0.868. The van der Waals surface area contributed by atoms with Crippen molar-refractivity contribution in [1.82, 2.24) is 0 Å². The van der Waals surface area contributed by atoms with E-state index in [1.165, 1.54) is 12.1 Å². The van der Waals surface area contributed by atoms with E-state index in [2.05, 4.69) is 25.4 Å². The highest BCUT2D eigenvalue weighted by atomic mass is 79.9. The van der Waals surface area contributed by atoms with Crippen LogP contribution < -0.4 is 9.46 Å². The molecular weight excluding hydrogens is 427 g/mol. The zero-order chi connectivity index (χ0) is 18.8. The Balaban J connectivity index is 2.47. The lowest BCUT2D eigenvalue weighted by atomic mass is 10.1. The second-order valence-electron chi connectivity index (χ2n) is 5.06. The van der Waals surface area contributed by atoms with E-state index in [-0.39, 0.29) is 10.2 Å². The molecule has 0 amide bonds. The number of rotatable bonds is 5. The van der Waals surface area contributed by atoms with Gasteiger partial charge in [0.05, 0.1) is 12.3 Å². The van der Waals surface area contributed by atoms with Gasteiger partial charge in [0.2, 0.25) is 0 Å². The summed E-state index contributed by atoms with van der Waals surface area (Å²) in [7, 11) is -4.39. The molecule has 0 radical (unpaired) electrons. The van der Waals surface area contributed by atoms with Crippen LogP contribution in [-0.4, -0.2) is 19.9 Å². The molecule has 0 saturated heterocycles. The van der Waals surface area contributed by atoms with Crippen molar-refractivity contribution >= 4 is 31.6 Å². The van der Waals surface area contributed by atoms with Gasteiger partial charge in [0.1, 0.15) is 4.90 Å². The summed E-state index contributed by atoms with van der Waals surface area (Å²) in [6.45, 7) is 1.31. The van der Waals surface area contributed by atoms with Gasteiger partial charge < -0.3 is 9.84 Å². The smallest absolute Gasteiger partial charge is 0.404 e. The van der Waals surface area contributed by atoms with E-state index >= 15 is 0 Å². The van der Waals surface area contributed by atoms with Gasteiger partial charge in [0.25, 0.3) is 10.0 Å². The van der Waals surface area contributed by atoms with Crippen molar-refractivity contribution < 1.29 is 31.4 Å². The summed E-state index contributed by atoms with van der Waals surface area (Å²) in [6.07, 6.45) is -5.05. The molecule has 0 bridgehead atoms. The molecule has 10 heteroatoms. The lowest BCUT2D eigenvalue weighted by Gasteiger charge is -2.16. The van der Waals surface area contributed by atoms with Crippen LogP contribution in [0.4, 0.5) is 18.9 Å². The van der Waals surface area contributed by atoms with Gasteiger partial charge >= 0.3 is 6.36 Å². The van der Waals surface area contributed by atoms with E-state index in [4.69, 9.17) is 0 Å². The molecule has 0 heterocycles. The fourth-order valence-electron chi connectivity index (χ4n) is 2.06. The number of hydrogen-bond donors (Lipinski definition) is 2. The highest BCUT2D eigenvalue weighted by Crippen LogP contribution is 2.33. The normalized spacial score (nSPS) is 12.1. The Morgan fingerprint density at radius 1 is 1.20 bits per heavy atom. The number of nitrogens with one attached hydrogen (secondary N) is 1. The van der Waals surface area contributed by atoms with Crippen molar-refractivity contribution in [1.29, 1.82) is 0 Å². The molecule has 0 unspecified atom stereocenters. The lowest BCUT2D eigenvalue weighted by Crippen LogP contribution is -2.21. The van der Waals surface area contributed by atoms with Crippen molar-refractivity contribution in [3.05, 3.63) is 52.0 Å². The van der Waals surface area contributed by atoms with E-state index in [1.54, 1.807) is 19.1 Å². The van der Waals surface area contributed by atoms with E-state index in [0.717, 1.165) is 17.7 Å². The SMILES string of the molecule is Cc1ccc(NS(=O)(=O)c2ccc(Br)cc2OC(F)(F)F)c(CO)c1. The number of hydrogen-bond acceptors (Lipinski definition) is 4. The average molecular weight is 440 g/mol. The Labute approximate surface area is 150 Å². The zero-order valence-electron chi connectivity index (χ0n) is 12.8. The zero-order valence-corrected chi connectivity index (χ0v) is 15.2. The van der Waals surface area contributed by atoms with Gasteiger partial charge in [-0.1, -0.05) is 33.6 Å². The van der Waals surface area contributed by atoms with Gasteiger partial charge in [-0.3, -0.25) is 4.72 Å². The number of aryl methyl sites for hydroxylation is 1. The van der Waals surface area contributed by atoms with Crippen LogP contribution in [-0.2, 0) is 16.6 Å². The molecule has 2 rings (SSSR count). The molecule has 0 atom stereocenters. The number of alkyl halides is 3. The Kier molecular flexibility index (Phi) is 5.65. The first-order valence-corrected chi connectivity index (χ1v) is 9.08. The van der Waals surface area contributed by atoms with Gasteiger partial charge in [-0.05, 0) is 31.2 Å². The first kappa shape index (κ1) is 19.5. The average Bonchev–Trinajstić information content (AvgIpc) is 2.47. The lowest BCUT2D eigenvalue weighted by molar-refractivity contribution is -0.275. The van der Waals surface area contributed by atoms with E-state index < -0.39 is 33.6 Å². The Morgan fingerprint density at radius 2 is 1.88 bits per heavy atom. The molecule has 2 N–H and O–H groups in total. The molecule has 2 aromatic rings. The molecule has 25 heavy (non-hydrogen) atoms. The predicted molar refractivity (Wildman–Crippen MR) is 88.7 cm³/mol. The highest BCUT2D eigenvalue weighted by molar-refractivity contribution is 9.10. The van der Waals surface area contributed by atoms with Crippen molar-refractivity contribution in [2.45, 2.75) is 24.8 Å². The minimum absolute atomic E-state index is 0.0639. The third kappa shape index (κ3) is 5.10. The Bertz CT molecular complexity index is 885. The predicted octanol–water partition coefficient (Wildman–Crippen LogP) is 3.95. The monoisotopic (exact) mass is 439 g/mol. The topological polar surface area (TPSA) is 75.6 Å². The fraction of sp³-hybridized carbons (Fsp3) is 0.200. The van der Waals surface area contributed by atoms with Crippen molar-refractivity contribution in [2.75, 3.05) is 4.72 Å². The van der Waals surface area contributed by atoms with Gasteiger partial charge in [0, 0.05) is 10.0 Å². The van der Waals surface area contributed by atoms with Crippen LogP contribution in [0.3, 0.4) is 0 Å². The van der Waals surface area contributed by atoms with E-state index in [0.29, 0.717) is 5.56 Å². The van der Waals surface area contributed by atoms with E-state index in [9.17, 15) is 26.7 Å². The molecule has 0 spiro atoms. The third-order valence-electron chi connectivity index (χ3n) is 3.10. The molecule has 0 fully saturated rings. The summed E-state index contributed by atoms with van der Waals surface area (Å²) in [4.78, 5) is -0.683. The van der Waals surface area contributed by atoms with Crippen molar-refractivity contribution in [2.24, 2.45) is 0 Å². The van der Waals surface area contributed by atoms with Crippen LogP contribution in [0.1, 0.15) is 11.1 Å². The van der Waals surface area contributed by atoms with Gasteiger partial charge in [-0.2, -0.15) is 0 Å². The second kappa shape index (κ2) is 7.22. The maximum absolute atomic E-state index is 12.5. The van der Waals surface area contributed by atoms with Crippen molar-refractivity contribution in [3.8, 4) is 5.75 Å². The third-order valence-corrected chi connectivity index (χ3v) is 4.99. The molecule has 0 aliphatic carbocycles. The van der Waals surface area contributed by atoms with Crippen molar-refractivity contribution in [3.63, 3.8) is 0 Å². The molecule has 2 aromatic carbocycles. The molecule has 0 saturated carbocycles. The number of aliphatic hydroxyl groups is 1. The molecule has 0 aliphatic rings. The van der Waals surface area contributed by atoms with Crippen LogP contribution in [0.2, 0.25) is 0 Å². The largest absolute Gasteiger partial charge is 0.573 e. The maximum atomic E-state index is 12.5. The quantitative estimate of drug-likeness (QED) is 0.739. The number of benzene rings is 2. The van der Waals surface area contributed by atoms with E-state index in [1.807, 2.05) is 0 Å². The molecular formula is C15H13BrF3NO4S. The van der Waals surface area contributed by atoms with Crippen LogP contribution in [0.25, 0.3) is 0 Å². The number of ether oxygens (including phenoxy) is 1. The second-order valence-corrected chi connectivity index (χ2v) is 7.63. The maximum Gasteiger partial charge on any atom is 0.573 e. The van der Waals surface area contributed by atoms with Crippen LogP contribution in [0, 0.1) is 6.92 Å². The Hall–Kier alpha value is -1.78. The highest BCUT2D eigenvalue weighted by Gasteiger charge is 2.34. The minimum atomic E-state index is -5.05. The molecule has 0 aliphatic heterocycles. The first-order chi connectivity index (χ1) is 11.5. The van der Waals surface area contributed by atoms with Gasteiger partial charge in [-0.25, -0.2) is 8.42 Å². The summed E-state index contributed by atoms with van der Waals surface area (Å²) >= 11 is 2.97. The van der Waals surface area contributed by atoms with Gasteiger partial charge in [-0.15, -0.1) is 13.2 Å². The fourth-order valence-corrected chi connectivity index (χ4v) is 3.61. The number of sulfonamides is 1. The summed E-state index contributed by atoms with van der Waals surface area (Å²) in [5.41, 5.74) is 1.14. The summed E-state index contributed by atoms with van der Waals surface area (Å²) in [5, 5.41) is 9.34. The number of halogens is 4. The van der Waals surface area contributed by atoms with Crippen LogP contribution >= 0.6 is 15.9 Å². The molecule has 5 nitrogen and oxygen atoms in total. The summed E-state index contributed by atoms with van der Waals surface area (Å²) in [6, 6.07) is 7.75. The van der Waals surface area contributed by atoms with Crippen LogP contribution in [0.15, 0.2) is 45.8 Å². The number of anilines is 1. The summed E-state index contributed by atoms with van der Waals surface area (Å²) < 4.78 is 68.9. The standard InChI is InChI=1S/C15H13BrF3NO4S/c1-9-2-4-12(10(6-9)8-21)20-25(22,23)14-5-3-11(16)7-13(14)24-15(17,18)19/h2-7,20-21H,8H2,1H3. The number of aliphatic hydroxyl groups excluding tert-OH is 1. The molecule has 136 valence electrons. The van der Waals surface area contributed by atoms with Gasteiger partial charge in [0.15, 0.2) is 5.75 Å².